The van der Waals surface area contributed by atoms with Crippen LogP contribution in [0.15, 0.2) is 14.5 Å². The molecule has 9 heteroatoms. The first-order valence-corrected chi connectivity index (χ1v) is 9.42. The summed E-state index contributed by atoms with van der Waals surface area (Å²) in [4.78, 5) is 0. The van der Waals surface area contributed by atoms with Crippen LogP contribution in [0.3, 0.4) is 0 Å². The molecule has 0 fully saturated rings. The second-order valence-electron chi connectivity index (χ2n) is 4.28. The van der Waals surface area contributed by atoms with Gasteiger partial charge in [0.05, 0.1) is 6.60 Å². The van der Waals surface area contributed by atoms with Crippen molar-refractivity contribution in [3.63, 3.8) is 0 Å². The van der Waals surface area contributed by atoms with Crippen LogP contribution in [0.1, 0.15) is 34.6 Å². The van der Waals surface area contributed by atoms with Gasteiger partial charge in [0.25, 0.3) is 0 Å². The average Bonchev–Trinajstić information content (AvgIpc) is 2.65. The number of thiophene rings is 1. The lowest BCUT2D eigenvalue weighted by Crippen LogP contribution is -2.33. The third-order valence-corrected chi connectivity index (χ3v) is 7.85. The van der Waals surface area contributed by atoms with Gasteiger partial charge < -0.3 is 5.32 Å². The van der Waals surface area contributed by atoms with Gasteiger partial charge in [-0.05, 0) is 25.9 Å². The molecule has 0 amide bonds. The lowest BCUT2D eigenvalue weighted by molar-refractivity contribution is 0.477. The third-order valence-electron chi connectivity index (χ3n) is 2.89. The number of hydrogen-bond donors (Lipinski definition) is 2. The Kier molecular flexibility index (Phi) is 3.11. The van der Waals surface area contributed by atoms with E-state index in [1.807, 2.05) is 0 Å². The highest BCUT2D eigenvalue weighted by Crippen LogP contribution is 2.42. The summed E-state index contributed by atoms with van der Waals surface area (Å²) in [6.45, 7) is 3.58. The minimum Gasteiger partial charge on any atom is -0.310 e. The number of rotatable bonds is 3. The number of nitrogens with one attached hydrogen (secondary N) is 1. The van der Waals surface area contributed by atoms with Gasteiger partial charge in [-0.15, -0.1) is 11.3 Å². The fourth-order valence-corrected chi connectivity index (χ4v) is 6.02. The standard InChI is InChI=1S/C10H16N2O4S3/c1-3-12-8-4-6(2)18(13,14)10-7(8)5-9(17-10)19(11,15)16/h5-6,8,12H,3-4H2,1-2H3,(H2,11,15,16)/t6-,8-/m0/s1/i5D,6D. The van der Waals surface area contributed by atoms with E-state index in [0.29, 0.717) is 17.9 Å². The molecule has 2 rings (SSSR count). The molecule has 0 saturated carbocycles. The lowest BCUT2D eigenvalue weighted by atomic mass is 10.1. The van der Waals surface area contributed by atoms with E-state index in [1.54, 1.807) is 6.92 Å². The summed E-state index contributed by atoms with van der Waals surface area (Å²) in [5.74, 6) is 0. The van der Waals surface area contributed by atoms with Gasteiger partial charge in [-0.2, -0.15) is 0 Å². The largest absolute Gasteiger partial charge is 0.310 e. The Hall–Kier alpha value is -0.480. The van der Waals surface area contributed by atoms with E-state index in [9.17, 15) is 16.8 Å². The van der Waals surface area contributed by atoms with Crippen molar-refractivity contribution in [2.24, 2.45) is 5.14 Å². The van der Waals surface area contributed by atoms with Crippen LogP contribution in [0, 0.1) is 0 Å². The fraction of sp³-hybridized carbons (Fsp3) is 0.600. The highest BCUT2D eigenvalue weighted by Gasteiger charge is 2.39. The molecule has 19 heavy (non-hydrogen) atoms. The maximum absolute atomic E-state index is 12.4. The molecule has 0 aromatic carbocycles. The summed E-state index contributed by atoms with van der Waals surface area (Å²) in [6.07, 6.45) is -0.0527. The van der Waals surface area contributed by atoms with E-state index in [-0.39, 0.29) is 22.2 Å². The van der Waals surface area contributed by atoms with Gasteiger partial charge >= 0.3 is 0 Å². The summed E-state index contributed by atoms with van der Waals surface area (Å²) in [5.41, 5.74) is 0.107. The van der Waals surface area contributed by atoms with Crippen molar-refractivity contribution in [3.8, 4) is 0 Å². The topological polar surface area (TPSA) is 106 Å². The number of sulfonamides is 1. The van der Waals surface area contributed by atoms with Gasteiger partial charge in [-0.25, -0.2) is 22.0 Å². The Morgan fingerprint density at radius 1 is 1.68 bits per heavy atom. The number of fused-ring (bicyclic) bond motifs is 1. The molecule has 1 aliphatic heterocycles. The maximum Gasteiger partial charge on any atom is 0.247 e. The van der Waals surface area contributed by atoms with Crippen LogP contribution in [0.4, 0.5) is 0 Å². The van der Waals surface area contributed by atoms with Crippen molar-refractivity contribution in [2.75, 3.05) is 6.54 Å². The molecule has 2 atom stereocenters. The number of nitrogens with two attached hydrogens (primary N) is 1. The van der Waals surface area contributed by atoms with Crippen molar-refractivity contribution in [1.29, 1.82) is 0 Å². The van der Waals surface area contributed by atoms with Gasteiger partial charge in [0, 0.05) is 13.0 Å². The first-order chi connectivity index (χ1) is 9.43. The molecule has 0 spiro atoms. The number of hydrogen-bond acceptors (Lipinski definition) is 6. The van der Waals surface area contributed by atoms with Crippen LogP contribution in [-0.4, -0.2) is 28.6 Å². The first-order valence-electron chi connectivity index (χ1n) is 6.57. The zero-order valence-corrected chi connectivity index (χ0v) is 12.9. The molecule has 3 N–H and O–H groups in total. The zero-order chi connectivity index (χ0) is 16.2. The monoisotopic (exact) mass is 326 g/mol. The van der Waals surface area contributed by atoms with E-state index in [2.05, 4.69) is 5.32 Å². The fourth-order valence-electron chi connectivity index (χ4n) is 1.96. The van der Waals surface area contributed by atoms with Crippen LogP contribution in [-0.2, 0) is 19.9 Å². The number of primary sulfonamides is 1. The molecule has 0 bridgehead atoms. The van der Waals surface area contributed by atoms with Crippen LogP contribution in [0.25, 0.3) is 0 Å². The molecule has 2 heterocycles. The third kappa shape index (κ3) is 2.57. The summed E-state index contributed by atoms with van der Waals surface area (Å²) in [5, 5.41) is 6.27. The Balaban J connectivity index is 2.82. The van der Waals surface area contributed by atoms with Crippen molar-refractivity contribution in [3.05, 3.63) is 11.6 Å². The van der Waals surface area contributed by atoms with Crippen molar-refractivity contribution in [2.45, 2.75) is 40.0 Å². The van der Waals surface area contributed by atoms with Crippen LogP contribution in [0.5, 0.6) is 0 Å². The second kappa shape index (κ2) is 4.81. The molecule has 0 unspecified atom stereocenters. The molecular formula is C10H16N2O4S3. The molecule has 1 aromatic heterocycles. The Morgan fingerprint density at radius 2 is 2.32 bits per heavy atom. The van der Waals surface area contributed by atoms with Crippen LogP contribution < -0.4 is 10.5 Å². The average molecular weight is 326 g/mol. The molecule has 0 aliphatic carbocycles. The molecule has 0 radical (unpaired) electrons. The lowest BCUT2D eigenvalue weighted by Gasteiger charge is -2.27. The highest BCUT2D eigenvalue weighted by molar-refractivity contribution is 7.95. The minimum absolute atomic E-state index is 0.0527. The zero-order valence-electron chi connectivity index (χ0n) is 12.4. The van der Waals surface area contributed by atoms with E-state index in [0.717, 1.165) is 0 Å². The van der Waals surface area contributed by atoms with E-state index >= 15 is 0 Å². The first kappa shape index (κ1) is 12.3. The van der Waals surface area contributed by atoms with E-state index in [1.165, 1.54) is 6.92 Å². The second-order valence-corrected chi connectivity index (χ2v) is 9.43. The summed E-state index contributed by atoms with van der Waals surface area (Å²) >= 11 is 0.459. The predicted octanol–water partition coefficient (Wildman–Crippen LogP) is 0.612. The van der Waals surface area contributed by atoms with E-state index < -0.39 is 35.3 Å². The summed E-state index contributed by atoms with van der Waals surface area (Å²) < 4.78 is 63.2. The highest BCUT2D eigenvalue weighted by atomic mass is 32.3. The van der Waals surface area contributed by atoms with Crippen molar-refractivity contribution >= 4 is 31.2 Å². The molecule has 6 nitrogen and oxygen atoms in total. The van der Waals surface area contributed by atoms with Crippen molar-refractivity contribution in [1.82, 2.24) is 5.32 Å². The molecule has 0 saturated heterocycles. The van der Waals surface area contributed by atoms with Gasteiger partial charge in [-0.3, -0.25) is 0 Å². The van der Waals surface area contributed by atoms with Crippen LogP contribution in [0.2, 0.25) is 0 Å². The predicted molar refractivity (Wildman–Crippen MR) is 73.4 cm³/mol. The molecule has 1 aliphatic rings. The molecule has 1 aromatic rings. The minimum atomic E-state index is -4.18. The smallest absolute Gasteiger partial charge is 0.247 e. The SMILES string of the molecule is [2H]c1c(S(N)(=O)=O)sc2c1[C@@H](NCC)C[C@]([2H])(C)S2(=O)=O. The van der Waals surface area contributed by atoms with Gasteiger partial charge in [-0.1, -0.05) is 6.92 Å². The molecule has 108 valence electrons. The Bertz CT molecular complexity index is 783. The normalized spacial score (nSPS) is 31.4. The number of sulfone groups is 1. The van der Waals surface area contributed by atoms with Crippen LogP contribution >= 0.6 is 11.3 Å². The van der Waals surface area contributed by atoms with E-state index in [4.69, 9.17) is 7.88 Å². The van der Waals surface area contributed by atoms with Gasteiger partial charge in [0.2, 0.25) is 10.0 Å². The van der Waals surface area contributed by atoms with Gasteiger partial charge in [0.1, 0.15) is 8.42 Å². The quantitative estimate of drug-likeness (QED) is 0.846. The van der Waals surface area contributed by atoms with Gasteiger partial charge in [0.15, 0.2) is 9.84 Å². The van der Waals surface area contributed by atoms with Crippen molar-refractivity contribution < 1.29 is 19.6 Å². The molecular weight excluding hydrogens is 308 g/mol. The Morgan fingerprint density at radius 3 is 2.84 bits per heavy atom. The maximum atomic E-state index is 12.4. The summed E-state index contributed by atoms with van der Waals surface area (Å²) in [7, 11) is -8.20. The summed E-state index contributed by atoms with van der Waals surface area (Å²) in [6, 6.07) is -0.946. The Labute approximate surface area is 119 Å².